The molecule has 2 rings (SSSR count). The molecule has 0 amide bonds. The third kappa shape index (κ3) is 1.86. The van der Waals surface area contributed by atoms with Crippen molar-refractivity contribution in [1.82, 2.24) is 9.97 Å². The molecular formula is C10H6Cl2N2. The van der Waals surface area contributed by atoms with Crippen LogP contribution < -0.4 is 0 Å². The first-order valence-corrected chi connectivity index (χ1v) is 4.76. The van der Waals surface area contributed by atoms with Crippen molar-refractivity contribution in [3.05, 3.63) is 46.8 Å². The van der Waals surface area contributed by atoms with E-state index in [1.807, 2.05) is 30.3 Å². The molecule has 0 saturated heterocycles. The summed E-state index contributed by atoms with van der Waals surface area (Å²) in [5, 5.41) is 0.703. The fourth-order valence-corrected chi connectivity index (χ4v) is 1.48. The van der Waals surface area contributed by atoms with Gasteiger partial charge in [0.1, 0.15) is 0 Å². The molecule has 0 aliphatic carbocycles. The summed E-state index contributed by atoms with van der Waals surface area (Å²) < 4.78 is 0. The maximum atomic E-state index is 5.95. The van der Waals surface area contributed by atoms with Gasteiger partial charge in [-0.2, -0.15) is 0 Å². The fourth-order valence-electron chi connectivity index (χ4n) is 1.14. The van der Waals surface area contributed by atoms with Crippen molar-refractivity contribution in [2.45, 2.75) is 0 Å². The van der Waals surface area contributed by atoms with Gasteiger partial charge in [-0.1, -0.05) is 41.9 Å². The molecule has 4 heteroatoms. The second-order valence-corrected chi connectivity index (χ2v) is 3.45. The first-order chi connectivity index (χ1) is 6.77. The summed E-state index contributed by atoms with van der Waals surface area (Å²) in [6.07, 6.45) is 1.50. The van der Waals surface area contributed by atoms with Gasteiger partial charge in [-0.05, 0) is 11.6 Å². The van der Waals surface area contributed by atoms with Gasteiger partial charge in [-0.3, -0.25) is 0 Å². The summed E-state index contributed by atoms with van der Waals surface area (Å²) in [5.74, 6) is 0. The number of benzene rings is 1. The minimum Gasteiger partial charge on any atom is -0.225 e. The van der Waals surface area contributed by atoms with E-state index < -0.39 is 0 Å². The van der Waals surface area contributed by atoms with Gasteiger partial charge in [0.05, 0.1) is 16.9 Å². The Hall–Kier alpha value is -1.12. The van der Waals surface area contributed by atoms with Gasteiger partial charge in [0.2, 0.25) is 5.28 Å². The Morgan fingerprint density at radius 1 is 1.00 bits per heavy atom. The van der Waals surface area contributed by atoms with Gasteiger partial charge in [-0.25, -0.2) is 9.97 Å². The van der Waals surface area contributed by atoms with Gasteiger partial charge in [0.15, 0.2) is 0 Å². The van der Waals surface area contributed by atoms with Crippen LogP contribution in [0.15, 0.2) is 36.5 Å². The van der Waals surface area contributed by atoms with E-state index in [1.54, 1.807) is 0 Å². The lowest BCUT2D eigenvalue weighted by atomic mass is 10.1. The Labute approximate surface area is 91.5 Å². The third-order valence-corrected chi connectivity index (χ3v) is 2.22. The Morgan fingerprint density at radius 3 is 2.43 bits per heavy atom. The molecule has 0 bridgehead atoms. The van der Waals surface area contributed by atoms with Crippen molar-refractivity contribution in [3.63, 3.8) is 0 Å². The predicted octanol–water partition coefficient (Wildman–Crippen LogP) is 3.45. The van der Waals surface area contributed by atoms with Gasteiger partial charge in [0, 0.05) is 5.56 Å². The quantitative estimate of drug-likeness (QED) is 0.694. The SMILES string of the molecule is Clc1ncc(Cl)c(-c2ccccc2)n1. The Morgan fingerprint density at radius 2 is 1.71 bits per heavy atom. The minimum absolute atomic E-state index is 0.202. The Bertz CT molecular complexity index is 443. The number of nitrogens with zero attached hydrogens (tertiary/aromatic N) is 2. The van der Waals surface area contributed by atoms with E-state index in [1.165, 1.54) is 6.20 Å². The Kier molecular flexibility index (Phi) is 2.66. The monoisotopic (exact) mass is 224 g/mol. The molecule has 0 unspecified atom stereocenters. The van der Waals surface area contributed by atoms with Crippen LogP contribution >= 0.6 is 23.2 Å². The van der Waals surface area contributed by atoms with Crippen LogP contribution in [0.3, 0.4) is 0 Å². The zero-order chi connectivity index (χ0) is 9.97. The largest absolute Gasteiger partial charge is 0.225 e. The molecule has 2 aromatic rings. The van der Waals surface area contributed by atoms with E-state index in [2.05, 4.69) is 9.97 Å². The average molecular weight is 225 g/mol. The Balaban J connectivity index is 2.57. The second-order valence-electron chi connectivity index (χ2n) is 2.70. The molecular weight excluding hydrogens is 219 g/mol. The van der Waals surface area contributed by atoms with Crippen LogP contribution in [0.2, 0.25) is 10.3 Å². The standard InChI is InChI=1S/C10H6Cl2N2/c11-8-6-13-10(12)14-9(8)7-4-2-1-3-5-7/h1-6H. The summed E-state index contributed by atoms with van der Waals surface area (Å²) in [5.41, 5.74) is 1.59. The van der Waals surface area contributed by atoms with Crippen LogP contribution in [-0.4, -0.2) is 9.97 Å². The van der Waals surface area contributed by atoms with Gasteiger partial charge in [0.25, 0.3) is 0 Å². The fraction of sp³-hybridized carbons (Fsp3) is 0. The molecule has 0 fully saturated rings. The van der Waals surface area contributed by atoms with Gasteiger partial charge >= 0.3 is 0 Å². The van der Waals surface area contributed by atoms with Gasteiger partial charge < -0.3 is 0 Å². The summed E-state index contributed by atoms with van der Waals surface area (Å²) >= 11 is 11.6. The van der Waals surface area contributed by atoms with E-state index in [0.717, 1.165) is 5.56 Å². The summed E-state index contributed by atoms with van der Waals surface area (Å²) in [6.45, 7) is 0. The molecule has 0 aliphatic heterocycles. The third-order valence-electron chi connectivity index (χ3n) is 1.76. The van der Waals surface area contributed by atoms with Crippen molar-refractivity contribution in [1.29, 1.82) is 0 Å². The molecule has 1 aromatic heterocycles. The number of hydrogen-bond donors (Lipinski definition) is 0. The molecule has 0 spiro atoms. The van der Waals surface area contributed by atoms with Crippen molar-refractivity contribution >= 4 is 23.2 Å². The second kappa shape index (κ2) is 3.95. The minimum atomic E-state index is 0.202. The number of rotatable bonds is 1. The zero-order valence-corrected chi connectivity index (χ0v) is 8.63. The highest BCUT2D eigenvalue weighted by molar-refractivity contribution is 6.33. The van der Waals surface area contributed by atoms with Crippen LogP contribution in [0, 0.1) is 0 Å². The van der Waals surface area contributed by atoms with Crippen LogP contribution in [0.1, 0.15) is 0 Å². The van der Waals surface area contributed by atoms with Crippen molar-refractivity contribution in [3.8, 4) is 11.3 Å². The van der Waals surface area contributed by atoms with Crippen LogP contribution in [-0.2, 0) is 0 Å². The van der Waals surface area contributed by atoms with Crippen LogP contribution in [0.4, 0.5) is 0 Å². The van der Waals surface area contributed by atoms with Crippen molar-refractivity contribution in [2.24, 2.45) is 0 Å². The van der Waals surface area contributed by atoms with Crippen molar-refractivity contribution in [2.75, 3.05) is 0 Å². The number of aromatic nitrogens is 2. The maximum Gasteiger partial charge on any atom is 0.222 e. The highest BCUT2D eigenvalue weighted by atomic mass is 35.5. The van der Waals surface area contributed by atoms with Crippen LogP contribution in [0.25, 0.3) is 11.3 Å². The molecule has 0 atom stereocenters. The molecule has 14 heavy (non-hydrogen) atoms. The first kappa shape index (κ1) is 9.44. The predicted molar refractivity (Wildman–Crippen MR) is 57.5 cm³/mol. The van der Waals surface area contributed by atoms with E-state index in [4.69, 9.17) is 23.2 Å². The van der Waals surface area contributed by atoms with Crippen LogP contribution in [0.5, 0.6) is 0 Å². The summed E-state index contributed by atoms with van der Waals surface area (Å²) in [6, 6.07) is 9.61. The average Bonchev–Trinajstić information content (AvgIpc) is 2.23. The molecule has 0 aliphatic rings. The molecule has 2 nitrogen and oxygen atoms in total. The number of hydrogen-bond acceptors (Lipinski definition) is 2. The lowest BCUT2D eigenvalue weighted by molar-refractivity contribution is 1.17. The first-order valence-electron chi connectivity index (χ1n) is 4.01. The molecule has 0 saturated carbocycles. The topological polar surface area (TPSA) is 25.8 Å². The normalized spacial score (nSPS) is 10.1. The molecule has 0 radical (unpaired) electrons. The molecule has 1 aromatic carbocycles. The molecule has 0 N–H and O–H groups in total. The molecule has 1 heterocycles. The van der Waals surface area contributed by atoms with E-state index in [9.17, 15) is 0 Å². The zero-order valence-electron chi connectivity index (χ0n) is 7.11. The summed E-state index contributed by atoms with van der Waals surface area (Å²) in [7, 11) is 0. The lowest BCUT2D eigenvalue weighted by Gasteiger charge is -2.02. The summed E-state index contributed by atoms with van der Waals surface area (Å²) in [4.78, 5) is 7.85. The number of halogens is 2. The van der Waals surface area contributed by atoms with E-state index in [-0.39, 0.29) is 5.28 Å². The van der Waals surface area contributed by atoms with E-state index >= 15 is 0 Å². The van der Waals surface area contributed by atoms with Gasteiger partial charge in [-0.15, -0.1) is 0 Å². The molecule has 70 valence electrons. The maximum absolute atomic E-state index is 5.95. The highest BCUT2D eigenvalue weighted by Gasteiger charge is 2.05. The highest BCUT2D eigenvalue weighted by Crippen LogP contribution is 2.25. The lowest BCUT2D eigenvalue weighted by Crippen LogP contribution is -1.88. The van der Waals surface area contributed by atoms with E-state index in [0.29, 0.717) is 10.7 Å². The van der Waals surface area contributed by atoms with Crippen molar-refractivity contribution < 1.29 is 0 Å². The smallest absolute Gasteiger partial charge is 0.222 e.